The van der Waals surface area contributed by atoms with Crippen molar-refractivity contribution in [1.82, 2.24) is 15.5 Å². The molecule has 2 rings (SSSR count). The van der Waals surface area contributed by atoms with Gasteiger partial charge in [0.05, 0.1) is 13.2 Å². The van der Waals surface area contributed by atoms with Crippen LogP contribution in [0.3, 0.4) is 0 Å². The Hall–Kier alpha value is -1.83. The van der Waals surface area contributed by atoms with Crippen molar-refractivity contribution in [2.45, 2.75) is 37.3 Å². The number of nitrogens with one attached hydrogen (secondary N) is 2. The van der Waals surface area contributed by atoms with E-state index >= 15 is 0 Å². The molecule has 21 heavy (non-hydrogen) atoms. The Labute approximate surface area is 122 Å². The Morgan fingerprint density at radius 1 is 1.29 bits per heavy atom. The molecule has 0 bridgehead atoms. The van der Waals surface area contributed by atoms with Crippen LogP contribution in [0.25, 0.3) is 0 Å². The maximum atomic E-state index is 12.4. The van der Waals surface area contributed by atoms with Gasteiger partial charge in [-0.1, -0.05) is 12.8 Å². The van der Waals surface area contributed by atoms with Crippen LogP contribution in [-0.4, -0.2) is 66.3 Å². The lowest BCUT2D eigenvalue weighted by atomic mass is 9.98. The number of carbonyl (C=O) groups excluding carboxylic acids is 2. The monoisotopic (exact) mass is 299 g/mol. The van der Waals surface area contributed by atoms with Crippen molar-refractivity contribution in [2.24, 2.45) is 0 Å². The minimum Gasteiger partial charge on any atom is -0.480 e. The van der Waals surface area contributed by atoms with Gasteiger partial charge in [0.25, 0.3) is 0 Å². The molecule has 2 fully saturated rings. The van der Waals surface area contributed by atoms with Gasteiger partial charge in [-0.15, -0.1) is 0 Å². The molecule has 1 unspecified atom stereocenters. The average Bonchev–Trinajstić information content (AvgIpc) is 2.96. The van der Waals surface area contributed by atoms with E-state index in [9.17, 15) is 19.5 Å². The predicted octanol–water partition coefficient (Wildman–Crippen LogP) is -0.460. The lowest BCUT2D eigenvalue weighted by Gasteiger charge is -2.36. The number of morpholine rings is 1. The number of rotatable bonds is 3. The van der Waals surface area contributed by atoms with Crippen molar-refractivity contribution in [2.75, 3.05) is 26.8 Å². The SMILES string of the molecule is CNC(=O)C1COCCN1C(=O)NC1(C(=O)O)CCCC1. The summed E-state index contributed by atoms with van der Waals surface area (Å²) in [4.78, 5) is 37.0. The molecule has 1 heterocycles. The van der Waals surface area contributed by atoms with E-state index in [1.54, 1.807) is 0 Å². The highest BCUT2D eigenvalue weighted by molar-refractivity contribution is 5.90. The number of hydrogen-bond donors (Lipinski definition) is 3. The highest BCUT2D eigenvalue weighted by Gasteiger charge is 2.44. The number of carbonyl (C=O) groups is 3. The molecule has 1 aliphatic carbocycles. The third kappa shape index (κ3) is 3.10. The van der Waals surface area contributed by atoms with Crippen molar-refractivity contribution in [3.8, 4) is 0 Å². The normalized spacial score (nSPS) is 24.4. The fourth-order valence-electron chi connectivity index (χ4n) is 2.88. The fourth-order valence-corrected chi connectivity index (χ4v) is 2.88. The van der Waals surface area contributed by atoms with Gasteiger partial charge in [0.15, 0.2) is 0 Å². The maximum absolute atomic E-state index is 12.4. The van der Waals surface area contributed by atoms with Gasteiger partial charge in [-0.3, -0.25) is 4.79 Å². The zero-order chi connectivity index (χ0) is 15.5. The van der Waals surface area contributed by atoms with E-state index in [0.717, 1.165) is 12.8 Å². The van der Waals surface area contributed by atoms with E-state index in [-0.39, 0.29) is 19.1 Å². The van der Waals surface area contributed by atoms with Crippen LogP contribution < -0.4 is 10.6 Å². The Kier molecular flexibility index (Phi) is 4.66. The standard InChI is InChI=1S/C13H21N3O5/c1-14-10(17)9-8-21-7-6-16(9)12(20)15-13(11(18)19)4-2-3-5-13/h9H,2-8H2,1H3,(H,14,17)(H,15,20)(H,18,19). The lowest BCUT2D eigenvalue weighted by molar-refractivity contribution is -0.144. The van der Waals surface area contributed by atoms with Crippen LogP contribution in [0.15, 0.2) is 0 Å². The van der Waals surface area contributed by atoms with E-state index in [1.807, 2.05) is 0 Å². The first-order valence-electron chi connectivity index (χ1n) is 7.12. The lowest BCUT2D eigenvalue weighted by Crippen LogP contribution is -2.62. The molecule has 118 valence electrons. The highest BCUT2D eigenvalue weighted by atomic mass is 16.5. The Morgan fingerprint density at radius 2 is 1.95 bits per heavy atom. The Morgan fingerprint density at radius 3 is 2.52 bits per heavy atom. The third-order valence-electron chi connectivity index (χ3n) is 4.15. The fraction of sp³-hybridized carbons (Fsp3) is 0.769. The summed E-state index contributed by atoms with van der Waals surface area (Å²) in [6, 6.07) is -1.24. The molecule has 1 saturated heterocycles. The molecule has 2 aliphatic rings. The number of ether oxygens (including phenoxy) is 1. The zero-order valence-electron chi connectivity index (χ0n) is 12.1. The van der Waals surface area contributed by atoms with Crippen LogP contribution in [0.2, 0.25) is 0 Å². The molecule has 0 radical (unpaired) electrons. The van der Waals surface area contributed by atoms with Crippen LogP contribution in [-0.2, 0) is 14.3 Å². The van der Waals surface area contributed by atoms with Crippen molar-refractivity contribution < 1.29 is 24.2 Å². The van der Waals surface area contributed by atoms with Crippen LogP contribution in [0, 0.1) is 0 Å². The van der Waals surface area contributed by atoms with Crippen LogP contribution in [0.4, 0.5) is 4.79 Å². The summed E-state index contributed by atoms with van der Waals surface area (Å²) in [6.07, 6.45) is 2.38. The topological polar surface area (TPSA) is 108 Å². The van der Waals surface area contributed by atoms with E-state index in [2.05, 4.69) is 10.6 Å². The quantitative estimate of drug-likeness (QED) is 0.653. The summed E-state index contributed by atoms with van der Waals surface area (Å²) >= 11 is 0. The molecule has 8 nitrogen and oxygen atoms in total. The second-order valence-corrected chi connectivity index (χ2v) is 5.42. The molecule has 1 saturated carbocycles. The van der Waals surface area contributed by atoms with Gasteiger partial charge in [0.1, 0.15) is 11.6 Å². The van der Waals surface area contributed by atoms with Gasteiger partial charge in [0.2, 0.25) is 5.91 Å². The molecule has 3 N–H and O–H groups in total. The largest absolute Gasteiger partial charge is 0.480 e. The summed E-state index contributed by atoms with van der Waals surface area (Å²) < 4.78 is 5.23. The summed E-state index contributed by atoms with van der Waals surface area (Å²) in [6.45, 7) is 0.716. The number of carboxylic acid groups (broad SMARTS) is 1. The van der Waals surface area contributed by atoms with Crippen LogP contribution in [0.1, 0.15) is 25.7 Å². The molecule has 0 aromatic carbocycles. The van der Waals surface area contributed by atoms with Gasteiger partial charge in [-0.25, -0.2) is 9.59 Å². The van der Waals surface area contributed by atoms with Gasteiger partial charge in [0, 0.05) is 13.6 Å². The van der Waals surface area contributed by atoms with Crippen molar-refractivity contribution in [3.05, 3.63) is 0 Å². The van der Waals surface area contributed by atoms with Crippen molar-refractivity contribution in [3.63, 3.8) is 0 Å². The Balaban J connectivity index is 2.10. The molecular weight excluding hydrogens is 278 g/mol. The number of nitrogens with zero attached hydrogens (tertiary/aromatic N) is 1. The number of urea groups is 1. The van der Waals surface area contributed by atoms with Gasteiger partial charge < -0.3 is 25.4 Å². The first-order valence-corrected chi connectivity index (χ1v) is 7.12. The van der Waals surface area contributed by atoms with Crippen molar-refractivity contribution >= 4 is 17.9 Å². The van der Waals surface area contributed by atoms with Gasteiger partial charge in [-0.05, 0) is 12.8 Å². The number of likely N-dealkylation sites (N-methyl/N-ethyl adjacent to an activating group) is 1. The Bertz CT molecular complexity index is 434. The van der Waals surface area contributed by atoms with Crippen LogP contribution >= 0.6 is 0 Å². The maximum Gasteiger partial charge on any atom is 0.329 e. The van der Waals surface area contributed by atoms with Crippen LogP contribution in [0.5, 0.6) is 0 Å². The summed E-state index contributed by atoms with van der Waals surface area (Å²) in [5.74, 6) is -1.33. The van der Waals surface area contributed by atoms with Gasteiger partial charge in [-0.2, -0.15) is 0 Å². The average molecular weight is 299 g/mol. The highest BCUT2D eigenvalue weighted by Crippen LogP contribution is 2.30. The first kappa shape index (κ1) is 15.6. The molecule has 1 aliphatic heterocycles. The summed E-state index contributed by atoms with van der Waals surface area (Å²) in [5, 5.41) is 14.5. The first-order chi connectivity index (χ1) is 10.00. The molecule has 0 aromatic heterocycles. The number of carboxylic acids is 1. The number of aliphatic carboxylic acids is 1. The molecule has 3 amide bonds. The predicted molar refractivity (Wildman–Crippen MR) is 72.7 cm³/mol. The smallest absolute Gasteiger partial charge is 0.329 e. The van der Waals surface area contributed by atoms with E-state index in [4.69, 9.17) is 4.74 Å². The zero-order valence-corrected chi connectivity index (χ0v) is 12.1. The number of hydrogen-bond acceptors (Lipinski definition) is 4. The second-order valence-electron chi connectivity index (χ2n) is 5.42. The van der Waals surface area contributed by atoms with Gasteiger partial charge >= 0.3 is 12.0 Å². The van der Waals surface area contributed by atoms with E-state index < -0.39 is 23.6 Å². The van der Waals surface area contributed by atoms with Crippen molar-refractivity contribution in [1.29, 1.82) is 0 Å². The van der Waals surface area contributed by atoms with E-state index in [1.165, 1.54) is 11.9 Å². The molecule has 0 spiro atoms. The summed E-state index contributed by atoms with van der Waals surface area (Å²) in [5.41, 5.74) is -1.21. The molecule has 0 aromatic rings. The van der Waals surface area contributed by atoms with E-state index in [0.29, 0.717) is 19.4 Å². The number of amides is 3. The second kappa shape index (κ2) is 6.30. The minimum absolute atomic E-state index is 0.118. The summed E-state index contributed by atoms with van der Waals surface area (Å²) in [7, 11) is 1.49. The minimum atomic E-state index is -1.21. The molecule has 1 atom stereocenters. The third-order valence-corrected chi connectivity index (χ3v) is 4.15. The molecular formula is C13H21N3O5. The molecule has 8 heteroatoms.